The monoisotopic (exact) mass is 314 g/mol. The van der Waals surface area contributed by atoms with Crippen LogP contribution in [-0.2, 0) is 11.3 Å². The van der Waals surface area contributed by atoms with Crippen molar-refractivity contribution in [3.8, 4) is 0 Å². The van der Waals surface area contributed by atoms with Gasteiger partial charge in [-0.1, -0.05) is 63.1 Å². The average Bonchev–Trinajstić information content (AvgIpc) is 2.60. The molecule has 0 amide bonds. The molecule has 1 nitrogen and oxygen atoms in total. The summed E-state index contributed by atoms with van der Waals surface area (Å²) in [5.74, 6) is 1.59. The lowest BCUT2D eigenvalue weighted by Gasteiger charge is -2.27. The number of ether oxygens (including phenoxy) is 1. The molecule has 0 unspecified atom stereocenters. The van der Waals surface area contributed by atoms with Gasteiger partial charge < -0.3 is 4.74 Å². The molecule has 0 N–H and O–H groups in total. The summed E-state index contributed by atoms with van der Waals surface area (Å²) in [6, 6.07) is 9.18. The Morgan fingerprint density at radius 2 is 1.74 bits per heavy atom. The fourth-order valence-corrected chi connectivity index (χ4v) is 3.42. The van der Waals surface area contributed by atoms with Gasteiger partial charge in [0.25, 0.3) is 0 Å². The van der Waals surface area contributed by atoms with Gasteiger partial charge in [0.1, 0.15) is 0 Å². The summed E-state index contributed by atoms with van der Waals surface area (Å²) in [6.45, 7) is 6.09. The molecule has 128 valence electrons. The maximum atomic E-state index is 5.70. The standard InChI is InChI=1S/C22H34O/c1-3-5-7-8-19-9-13-21(14-10-19)22-15-11-20(12-16-22)18-23-17-6-4-2/h7-8,11-12,15-16,19,21H,3-6,9-10,13-14,17-18H2,1-2H3. The third-order valence-corrected chi connectivity index (χ3v) is 5.00. The number of rotatable bonds is 9. The fourth-order valence-electron chi connectivity index (χ4n) is 3.42. The molecule has 0 radical (unpaired) electrons. The van der Waals surface area contributed by atoms with Crippen LogP contribution >= 0.6 is 0 Å². The third-order valence-electron chi connectivity index (χ3n) is 5.00. The summed E-state index contributed by atoms with van der Waals surface area (Å²) in [6.07, 6.45) is 15.1. The summed E-state index contributed by atoms with van der Waals surface area (Å²) >= 11 is 0. The van der Waals surface area contributed by atoms with Gasteiger partial charge in [-0.15, -0.1) is 0 Å². The lowest BCUT2D eigenvalue weighted by molar-refractivity contribution is 0.118. The SMILES string of the molecule is CCCC=CC1CCC(c2ccc(COCCCC)cc2)CC1. The molecular weight excluding hydrogens is 280 g/mol. The van der Waals surface area contributed by atoms with Crippen molar-refractivity contribution in [2.24, 2.45) is 5.92 Å². The predicted octanol–water partition coefficient (Wildman–Crippen LogP) is 6.63. The highest BCUT2D eigenvalue weighted by Gasteiger charge is 2.20. The molecule has 0 aliphatic heterocycles. The molecule has 1 aliphatic carbocycles. The van der Waals surface area contributed by atoms with E-state index in [-0.39, 0.29) is 0 Å². The molecule has 23 heavy (non-hydrogen) atoms. The lowest BCUT2D eigenvalue weighted by Crippen LogP contribution is -2.11. The van der Waals surface area contributed by atoms with Crippen molar-refractivity contribution in [3.05, 3.63) is 47.5 Å². The van der Waals surface area contributed by atoms with Gasteiger partial charge in [-0.05, 0) is 61.5 Å². The Balaban J connectivity index is 1.75. The Morgan fingerprint density at radius 1 is 1.00 bits per heavy atom. The highest BCUT2D eigenvalue weighted by Crippen LogP contribution is 2.36. The Bertz CT molecular complexity index is 438. The third kappa shape index (κ3) is 6.51. The molecule has 1 heteroatoms. The minimum Gasteiger partial charge on any atom is -0.377 e. The molecule has 1 saturated carbocycles. The van der Waals surface area contributed by atoms with Gasteiger partial charge in [-0.25, -0.2) is 0 Å². The van der Waals surface area contributed by atoms with Crippen molar-refractivity contribution < 1.29 is 4.74 Å². The highest BCUT2D eigenvalue weighted by molar-refractivity contribution is 5.25. The smallest absolute Gasteiger partial charge is 0.0716 e. The minimum absolute atomic E-state index is 0.759. The van der Waals surface area contributed by atoms with Crippen molar-refractivity contribution in [2.45, 2.75) is 77.7 Å². The fraction of sp³-hybridized carbons (Fsp3) is 0.636. The second-order valence-electron chi connectivity index (χ2n) is 6.98. The van der Waals surface area contributed by atoms with Crippen LogP contribution in [-0.4, -0.2) is 6.61 Å². The van der Waals surface area contributed by atoms with Gasteiger partial charge in [0.05, 0.1) is 6.61 Å². The molecule has 1 aromatic carbocycles. The predicted molar refractivity (Wildman–Crippen MR) is 99.8 cm³/mol. The van der Waals surface area contributed by atoms with Gasteiger partial charge in [-0.3, -0.25) is 0 Å². The summed E-state index contributed by atoms with van der Waals surface area (Å²) in [5.41, 5.74) is 2.83. The zero-order valence-corrected chi connectivity index (χ0v) is 15.1. The topological polar surface area (TPSA) is 9.23 Å². The molecule has 2 rings (SSSR count). The van der Waals surface area contributed by atoms with Crippen LogP contribution in [0, 0.1) is 5.92 Å². The first-order valence-corrected chi connectivity index (χ1v) is 9.66. The number of hydrogen-bond donors (Lipinski definition) is 0. The Labute approximate surface area is 143 Å². The first kappa shape index (κ1) is 18.3. The van der Waals surface area contributed by atoms with Crippen molar-refractivity contribution in [1.82, 2.24) is 0 Å². The number of benzene rings is 1. The van der Waals surface area contributed by atoms with E-state index < -0.39 is 0 Å². The van der Waals surface area contributed by atoms with Gasteiger partial charge >= 0.3 is 0 Å². The van der Waals surface area contributed by atoms with E-state index in [0.717, 1.165) is 31.5 Å². The summed E-state index contributed by atoms with van der Waals surface area (Å²) < 4.78 is 5.70. The first-order valence-electron chi connectivity index (χ1n) is 9.66. The van der Waals surface area contributed by atoms with Crippen LogP contribution in [0.25, 0.3) is 0 Å². The maximum Gasteiger partial charge on any atom is 0.0716 e. The van der Waals surface area contributed by atoms with Crippen LogP contribution in [0.15, 0.2) is 36.4 Å². The quantitative estimate of drug-likeness (QED) is 0.367. The van der Waals surface area contributed by atoms with Crippen LogP contribution in [0.3, 0.4) is 0 Å². The van der Waals surface area contributed by atoms with Gasteiger partial charge in [0, 0.05) is 6.61 Å². The highest BCUT2D eigenvalue weighted by atomic mass is 16.5. The summed E-state index contributed by atoms with van der Waals surface area (Å²) in [5, 5.41) is 0. The van der Waals surface area contributed by atoms with E-state index in [4.69, 9.17) is 4.74 Å². The van der Waals surface area contributed by atoms with Crippen LogP contribution in [0.2, 0.25) is 0 Å². The second-order valence-corrected chi connectivity index (χ2v) is 6.98. The zero-order valence-electron chi connectivity index (χ0n) is 15.1. The average molecular weight is 315 g/mol. The zero-order chi connectivity index (χ0) is 16.3. The van der Waals surface area contributed by atoms with Crippen molar-refractivity contribution in [2.75, 3.05) is 6.61 Å². The van der Waals surface area contributed by atoms with E-state index >= 15 is 0 Å². The maximum absolute atomic E-state index is 5.70. The molecule has 0 bridgehead atoms. The summed E-state index contributed by atoms with van der Waals surface area (Å²) in [7, 11) is 0. The van der Waals surface area contributed by atoms with Gasteiger partial charge in [0.15, 0.2) is 0 Å². The normalized spacial score (nSPS) is 21.8. The van der Waals surface area contributed by atoms with Crippen LogP contribution in [0.1, 0.15) is 82.3 Å². The Kier molecular flexibility index (Phi) is 8.46. The molecule has 1 aliphatic rings. The minimum atomic E-state index is 0.759. The molecular formula is C22H34O. The van der Waals surface area contributed by atoms with E-state index in [1.807, 2.05) is 0 Å². The first-order chi connectivity index (χ1) is 11.3. The van der Waals surface area contributed by atoms with E-state index in [9.17, 15) is 0 Å². The molecule has 0 atom stereocenters. The molecule has 1 aromatic rings. The van der Waals surface area contributed by atoms with E-state index in [1.165, 1.54) is 56.1 Å². The lowest BCUT2D eigenvalue weighted by atomic mass is 9.78. The molecule has 0 saturated heterocycles. The van der Waals surface area contributed by atoms with Crippen molar-refractivity contribution in [1.29, 1.82) is 0 Å². The molecule has 1 fully saturated rings. The Hall–Kier alpha value is -1.08. The van der Waals surface area contributed by atoms with Crippen molar-refractivity contribution >= 4 is 0 Å². The van der Waals surface area contributed by atoms with E-state index in [0.29, 0.717) is 0 Å². The van der Waals surface area contributed by atoms with Gasteiger partial charge in [-0.2, -0.15) is 0 Å². The number of unbranched alkanes of at least 4 members (excludes halogenated alkanes) is 2. The van der Waals surface area contributed by atoms with Crippen LogP contribution in [0.4, 0.5) is 0 Å². The van der Waals surface area contributed by atoms with Gasteiger partial charge in [0.2, 0.25) is 0 Å². The van der Waals surface area contributed by atoms with E-state index in [2.05, 4.69) is 50.3 Å². The number of allylic oxidation sites excluding steroid dienone is 2. The molecule has 0 aromatic heterocycles. The van der Waals surface area contributed by atoms with Crippen molar-refractivity contribution in [3.63, 3.8) is 0 Å². The van der Waals surface area contributed by atoms with Crippen LogP contribution < -0.4 is 0 Å². The summed E-state index contributed by atoms with van der Waals surface area (Å²) in [4.78, 5) is 0. The van der Waals surface area contributed by atoms with Crippen LogP contribution in [0.5, 0.6) is 0 Å². The molecule has 0 heterocycles. The second kappa shape index (κ2) is 10.6. The van der Waals surface area contributed by atoms with E-state index in [1.54, 1.807) is 0 Å². The number of hydrogen-bond acceptors (Lipinski definition) is 1. The molecule has 0 spiro atoms. The Morgan fingerprint density at radius 3 is 2.39 bits per heavy atom. The largest absolute Gasteiger partial charge is 0.377 e.